The smallest absolute Gasteiger partial charge is 0.345 e. The van der Waals surface area contributed by atoms with Crippen LogP contribution in [0.4, 0.5) is 39.5 Å². The topological polar surface area (TPSA) is 58.2 Å². The number of amides is 2. The third-order valence-electron chi connectivity index (χ3n) is 4.93. The summed E-state index contributed by atoms with van der Waals surface area (Å²) in [6.45, 7) is -0.747. The Morgan fingerprint density at radius 3 is 2.08 bits per heavy atom. The molecule has 0 heterocycles. The molecule has 2 amide bonds. The van der Waals surface area contributed by atoms with Crippen LogP contribution in [0.25, 0.3) is 6.08 Å². The molecular formula is C23H17Br2F9N2O2. The van der Waals surface area contributed by atoms with E-state index < -0.39 is 60.0 Å². The second kappa shape index (κ2) is 12.1. The highest BCUT2D eigenvalue weighted by atomic mass is 79.9. The molecular weight excluding hydrogens is 667 g/mol. The summed E-state index contributed by atoms with van der Waals surface area (Å²) in [5, 5.41) is 3.36. The van der Waals surface area contributed by atoms with Gasteiger partial charge in [0.2, 0.25) is 5.91 Å². The van der Waals surface area contributed by atoms with Gasteiger partial charge >= 0.3 is 18.5 Å². The summed E-state index contributed by atoms with van der Waals surface area (Å²) in [5.41, 5.74) is -2.99. The van der Waals surface area contributed by atoms with Gasteiger partial charge in [0.15, 0.2) is 0 Å². The molecule has 38 heavy (non-hydrogen) atoms. The molecule has 4 nitrogen and oxygen atoms in total. The van der Waals surface area contributed by atoms with Gasteiger partial charge in [0, 0.05) is 8.95 Å². The standard InChI is InChI=1S/C23H17Br2F9N2O2/c1-11(19(37)35-10-21(26,27)28)36-20(38)14-5-2-12(8-16(14)23(32,33)34)3-6-15(22(29,30)31)13-4-7-17(24)18(25)9-13/h2-9,11,15H,10H2,1H3,(H,35,37)(H,36,38). The molecule has 0 bridgehead atoms. The quantitative estimate of drug-likeness (QED) is 0.299. The van der Waals surface area contributed by atoms with Gasteiger partial charge in [0.1, 0.15) is 12.6 Å². The van der Waals surface area contributed by atoms with Crippen molar-refractivity contribution in [3.05, 3.63) is 73.7 Å². The summed E-state index contributed by atoms with van der Waals surface area (Å²) >= 11 is 6.23. The van der Waals surface area contributed by atoms with Gasteiger partial charge in [0.25, 0.3) is 5.91 Å². The summed E-state index contributed by atoms with van der Waals surface area (Å²) in [4.78, 5) is 24.1. The predicted octanol–water partition coefficient (Wildman–Crippen LogP) is 7.39. The fraction of sp³-hybridized carbons (Fsp3) is 0.304. The molecule has 0 aliphatic carbocycles. The fourth-order valence-electron chi connectivity index (χ4n) is 3.10. The van der Waals surface area contributed by atoms with Crippen molar-refractivity contribution in [1.82, 2.24) is 10.6 Å². The molecule has 0 radical (unpaired) electrons. The van der Waals surface area contributed by atoms with Gasteiger partial charge in [-0.1, -0.05) is 24.3 Å². The number of rotatable bonds is 7. The number of carbonyl (C=O) groups excluding carboxylic acids is 2. The molecule has 0 saturated carbocycles. The summed E-state index contributed by atoms with van der Waals surface area (Å²) in [6, 6.07) is 4.24. The first-order chi connectivity index (χ1) is 17.3. The van der Waals surface area contributed by atoms with Gasteiger partial charge in [-0.2, -0.15) is 39.5 Å². The highest BCUT2D eigenvalue weighted by Crippen LogP contribution is 2.39. The van der Waals surface area contributed by atoms with E-state index in [1.54, 1.807) is 0 Å². The summed E-state index contributed by atoms with van der Waals surface area (Å²) in [5.74, 6) is -4.88. The Balaban J connectivity index is 2.34. The van der Waals surface area contributed by atoms with Gasteiger partial charge in [-0.3, -0.25) is 9.59 Å². The third kappa shape index (κ3) is 9.03. The number of halogens is 11. The monoisotopic (exact) mass is 682 g/mol. The Kier molecular flexibility index (Phi) is 10.1. The molecule has 2 atom stereocenters. The molecule has 208 valence electrons. The van der Waals surface area contributed by atoms with E-state index in [0.29, 0.717) is 27.2 Å². The number of hydrogen-bond donors (Lipinski definition) is 2. The molecule has 2 N–H and O–H groups in total. The number of hydrogen-bond acceptors (Lipinski definition) is 2. The van der Waals surface area contributed by atoms with E-state index in [2.05, 4.69) is 31.9 Å². The van der Waals surface area contributed by atoms with Crippen LogP contribution in [0.15, 0.2) is 51.4 Å². The van der Waals surface area contributed by atoms with Crippen molar-refractivity contribution in [3.8, 4) is 0 Å². The first-order valence-electron chi connectivity index (χ1n) is 10.4. The van der Waals surface area contributed by atoms with E-state index in [1.807, 2.05) is 5.32 Å². The molecule has 15 heteroatoms. The maximum absolute atomic E-state index is 13.7. The Bertz CT molecular complexity index is 1210. The van der Waals surface area contributed by atoms with Crippen LogP contribution in [0.1, 0.15) is 39.9 Å². The Morgan fingerprint density at radius 2 is 1.55 bits per heavy atom. The average Bonchev–Trinajstić information content (AvgIpc) is 2.77. The van der Waals surface area contributed by atoms with E-state index in [4.69, 9.17) is 0 Å². The fourth-order valence-corrected chi connectivity index (χ4v) is 3.74. The van der Waals surface area contributed by atoms with Crippen LogP contribution < -0.4 is 10.6 Å². The van der Waals surface area contributed by atoms with Gasteiger partial charge < -0.3 is 10.6 Å². The first kappa shape index (κ1) is 31.7. The van der Waals surface area contributed by atoms with E-state index in [-0.39, 0.29) is 11.1 Å². The van der Waals surface area contributed by atoms with E-state index in [0.717, 1.165) is 19.1 Å². The van der Waals surface area contributed by atoms with Gasteiger partial charge in [0.05, 0.1) is 17.0 Å². The van der Waals surface area contributed by atoms with Crippen LogP contribution in [0.5, 0.6) is 0 Å². The molecule has 0 spiro atoms. The number of alkyl halides is 9. The number of benzene rings is 2. The van der Waals surface area contributed by atoms with E-state index in [9.17, 15) is 49.1 Å². The second-order valence-corrected chi connectivity index (χ2v) is 9.59. The number of carbonyl (C=O) groups is 2. The van der Waals surface area contributed by atoms with Crippen molar-refractivity contribution >= 4 is 49.8 Å². The van der Waals surface area contributed by atoms with Crippen LogP contribution in [0.3, 0.4) is 0 Å². The van der Waals surface area contributed by atoms with Crippen LogP contribution in [0, 0.1) is 0 Å². The van der Waals surface area contributed by atoms with E-state index >= 15 is 0 Å². The number of allylic oxidation sites excluding steroid dienone is 1. The van der Waals surface area contributed by atoms with Crippen molar-refractivity contribution in [2.24, 2.45) is 0 Å². The Morgan fingerprint density at radius 1 is 0.921 bits per heavy atom. The summed E-state index contributed by atoms with van der Waals surface area (Å²) < 4.78 is 120. The van der Waals surface area contributed by atoms with Crippen molar-refractivity contribution in [3.63, 3.8) is 0 Å². The lowest BCUT2D eigenvalue weighted by Gasteiger charge is -2.19. The highest BCUT2D eigenvalue weighted by molar-refractivity contribution is 9.13. The van der Waals surface area contributed by atoms with Crippen LogP contribution in [-0.4, -0.2) is 36.8 Å². The molecule has 2 aromatic rings. The van der Waals surface area contributed by atoms with E-state index in [1.165, 1.54) is 23.5 Å². The normalized spacial score (nSPS) is 14.3. The highest BCUT2D eigenvalue weighted by Gasteiger charge is 2.39. The maximum Gasteiger partial charge on any atom is 0.417 e. The summed E-state index contributed by atoms with van der Waals surface area (Å²) in [6.07, 6.45) is -13.2. The zero-order chi connectivity index (χ0) is 29.1. The van der Waals surface area contributed by atoms with Gasteiger partial charge in [-0.25, -0.2) is 0 Å². The molecule has 2 aromatic carbocycles. The minimum Gasteiger partial charge on any atom is -0.345 e. The van der Waals surface area contributed by atoms with Crippen molar-refractivity contribution < 1.29 is 49.1 Å². The minimum absolute atomic E-state index is 0.186. The predicted molar refractivity (Wildman–Crippen MR) is 127 cm³/mol. The lowest BCUT2D eigenvalue weighted by atomic mass is 9.96. The van der Waals surface area contributed by atoms with Crippen molar-refractivity contribution in [1.29, 1.82) is 0 Å². The average molecular weight is 684 g/mol. The molecule has 0 saturated heterocycles. The maximum atomic E-state index is 13.7. The van der Waals surface area contributed by atoms with Crippen LogP contribution >= 0.6 is 31.9 Å². The lowest BCUT2D eigenvalue weighted by Crippen LogP contribution is -2.47. The zero-order valence-corrected chi connectivity index (χ0v) is 22.1. The molecule has 2 unspecified atom stereocenters. The van der Waals surface area contributed by atoms with Gasteiger partial charge in [-0.05, 0) is 74.2 Å². The van der Waals surface area contributed by atoms with Crippen molar-refractivity contribution in [2.45, 2.75) is 37.4 Å². The van der Waals surface area contributed by atoms with Gasteiger partial charge in [-0.15, -0.1) is 0 Å². The first-order valence-corrected chi connectivity index (χ1v) is 11.9. The van der Waals surface area contributed by atoms with Crippen LogP contribution in [0.2, 0.25) is 0 Å². The zero-order valence-electron chi connectivity index (χ0n) is 19.0. The Labute approximate surface area is 226 Å². The SMILES string of the molecule is CC(NC(=O)c1ccc(C=CC(c2ccc(Br)c(Br)c2)C(F)(F)F)cc1C(F)(F)F)C(=O)NCC(F)(F)F. The number of nitrogens with one attached hydrogen (secondary N) is 2. The largest absolute Gasteiger partial charge is 0.417 e. The second-order valence-electron chi connectivity index (χ2n) is 7.88. The minimum atomic E-state index is -5.13. The summed E-state index contributed by atoms with van der Waals surface area (Å²) in [7, 11) is 0. The third-order valence-corrected chi connectivity index (χ3v) is 6.81. The van der Waals surface area contributed by atoms with Crippen LogP contribution in [-0.2, 0) is 11.0 Å². The molecule has 0 aromatic heterocycles. The van der Waals surface area contributed by atoms with Crippen molar-refractivity contribution in [2.75, 3.05) is 6.54 Å². The lowest BCUT2D eigenvalue weighted by molar-refractivity contribution is -0.139. The Hall–Kier alpha value is -2.55. The molecule has 0 aliphatic heterocycles. The molecule has 0 aliphatic rings. The molecule has 2 rings (SSSR count). The molecule has 0 fully saturated rings.